The summed E-state index contributed by atoms with van der Waals surface area (Å²) in [7, 11) is 1.84. The minimum Gasteiger partial charge on any atom is -0.248 e. The molecule has 0 amide bonds. The van der Waals surface area contributed by atoms with E-state index < -0.39 is 0 Å². The molecule has 0 aliphatic rings. The lowest BCUT2D eigenvalue weighted by molar-refractivity contribution is 0.684. The summed E-state index contributed by atoms with van der Waals surface area (Å²) in [4.78, 5) is 8.22. The van der Waals surface area contributed by atoms with Crippen molar-refractivity contribution >= 4 is 23.4 Å². The lowest BCUT2D eigenvalue weighted by atomic mass is 10.5. The molecule has 6 heteroatoms. The second-order valence-electron chi connectivity index (χ2n) is 2.58. The lowest BCUT2D eigenvalue weighted by Gasteiger charge is -1.98. The van der Waals surface area contributed by atoms with Crippen LogP contribution in [0.25, 0.3) is 0 Å². The van der Waals surface area contributed by atoms with Crippen LogP contribution in [0.15, 0.2) is 34.8 Å². The standard InChI is InChI=1S/C8H7ClN4S/c1-13-8(11-5-12-13)14-7-3-2-6(9)4-10-7/h2-5H,1H3. The van der Waals surface area contributed by atoms with Gasteiger partial charge >= 0.3 is 0 Å². The van der Waals surface area contributed by atoms with Gasteiger partial charge in [0, 0.05) is 13.2 Å². The zero-order valence-corrected chi connectivity index (χ0v) is 8.96. The SMILES string of the molecule is Cn1ncnc1Sc1ccc(Cl)cn1. The van der Waals surface area contributed by atoms with Crippen LogP contribution in [0, 0.1) is 0 Å². The highest BCUT2D eigenvalue weighted by atomic mass is 35.5. The normalized spacial score (nSPS) is 10.4. The van der Waals surface area contributed by atoms with Crippen molar-refractivity contribution in [2.45, 2.75) is 10.2 Å². The molecule has 0 atom stereocenters. The van der Waals surface area contributed by atoms with E-state index in [9.17, 15) is 0 Å². The third kappa shape index (κ3) is 2.05. The highest BCUT2D eigenvalue weighted by Gasteiger charge is 2.03. The van der Waals surface area contributed by atoms with Crippen molar-refractivity contribution in [3.63, 3.8) is 0 Å². The molecule has 2 heterocycles. The number of aryl methyl sites for hydroxylation is 1. The molecule has 0 N–H and O–H groups in total. The Morgan fingerprint density at radius 1 is 1.36 bits per heavy atom. The quantitative estimate of drug-likeness (QED) is 0.786. The number of halogens is 1. The van der Waals surface area contributed by atoms with Gasteiger partial charge in [0.05, 0.1) is 5.02 Å². The summed E-state index contributed by atoms with van der Waals surface area (Å²) in [6, 6.07) is 3.65. The van der Waals surface area contributed by atoms with E-state index in [1.807, 2.05) is 13.1 Å². The molecule has 2 aromatic heterocycles. The average Bonchev–Trinajstić information content (AvgIpc) is 2.56. The highest BCUT2D eigenvalue weighted by molar-refractivity contribution is 7.99. The summed E-state index contributed by atoms with van der Waals surface area (Å²) in [5, 5.41) is 6.25. The van der Waals surface area contributed by atoms with E-state index in [0.29, 0.717) is 5.02 Å². The van der Waals surface area contributed by atoms with Crippen LogP contribution in [-0.2, 0) is 7.05 Å². The monoisotopic (exact) mass is 226 g/mol. The highest BCUT2D eigenvalue weighted by Crippen LogP contribution is 2.23. The second-order valence-corrected chi connectivity index (χ2v) is 4.01. The molecule has 0 saturated carbocycles. The maximum atomic E-state index is 5.72. The van der Waals surface area contributed by atoms with E-state index >= 15 is 0 Å². The Labute approximate surface area is 90.3 Å². The fraction of sp³-hybridized carbons (Fsp3) is 0.125. The second kappa shape index (κ2) is 3.98. The molecule has 14 heavy (non-hydrogen) atoms. The average molecular weight is 227 g/mol. The van der Waals surface area contributed by atoms with Crippen LogP contribution >= 0.6 is 23.4 Å². The van der Waals surface area contributed by atoms with Crippen LogP contribution in [0.3, 0.4) is 0 Å². The van der Waals surface area contributed by atoms with E-state index in [1.165, 1.54) is 18.1 Å². The molecule has 0 saturated heterocycles. The number of pyridine rings is 1. The first-order valence-electron chi connectivity index (χ1n) is 3.89. The third-order valence-corrected chi connectivity index (χ3v) is 2.79. The van der Waals surface area contributed by atoms with Crippen molar-refractivity contribution in [3.8, 4) is 0 Å². The van der Waals surface area contributed by atoms with Crippen molar-refractivity contribution in [3.05, 3.63) is 29.7 Å². The van der Waals surface area contributed by atoms with Gasteiger partial charge in [-0.05, 0) is 23.9 Å². The van der Waals surface area contributed by atoms with Crippen LogP contribution in [0.4, 0.5) is 0 Å². The maximum absolute atomic E-state index is 5.72. The van der Waals surface area contributed by atoms with Gasteiger partial charge in [-0.3, -0.25) is 0 Å². The Balaban J connectivity index is 2.19. The first kappa shape index (κ1) is 9.48. The van der Waals surface area contributed by atoms with Gasteiger partial charge in [0.15, 0.2) is 5.16 Å². The Morgan fingerprint density at radius 3 is 2.79 bits per heavy atom. The van der Waals surface area contributed by atoms with Gasteiger partial charge in [0.2, 0.25) is 0 Å². The molecule has 0 fully saturated rings. The van der Waals surface area contributed by atoms with Gasteiger partial charge in [-0.25, -0.2) is 14.6 Å². The molecule has 2 aromatic rings. The van der Waals surface area contributed by atoms with Crippen LogP contribution in [-0.4, -0.2) is 19.7 Å². The number of aromatic nitrogens is 4. The molecule has 2 rings (SSSR count). The van der Waals surface area contributed by atoms with Crippen molar-refractivity contribution in [2.24, 2.45) is 7.05 Å². The molecule has 72 valence electrons. The molecule has 0 bridgehead atoms. The van der Waals surface area contributed by atoms with Gasteiger partial charge in [0.25, 0.3) is 0 Å². The van der Waals surface area contributed by atoms with E-state index in [4.69, 9.17) is 11.6 Å². The zero-order valence-electron chi connectivity index (χ0n) is 7.38. The first-order valence-corrected chi connectivity index (χ1v) is 5.08. The Bertz CT molecular complexity index is 425. The molecule has 0 aliphatic heterocycles. The van der Waals surface area contributed by atoms with Crippen molar-refractivity contribution in [2.75, 3.05) is 0 Å². The Kier molecular flexibility index (Phi) is 2.69. The van der Waals surface area contributed by atoms with Gasteiger partial charge in [-0.15, -0.1) is 0 Å². The topological polar surface area (TPSA) is 43.6 Å². The van der Waals surface area contributed by atoms with Gasteiger partial charge < -0.3 is 0 Å². The summed E-state index contributed by atoms with van der Waals surface area (Å²) in [5.41, 5.74) is 0. The summed E-state index contributed by atoms with van der Waals surface area (Å²) in [6.07, 6.45) is 3.12. The smallest absolute Gasteiger partial charge is 0.192 e. The van der Waals surface area contributed by atoms with Crippen molar-refractivity contribution in [1.82, 2.24) is 19.7 Å². The zero-order chi connectivity index (χ0) is 9.97. The first-order chi connectivity index (χ1) is 6.75. The largest absolute Gasteiger partial charge is 0.248 e. The molecule has 0 unspecified atom stereocenters. The van der Waals surface area contributed by atoms with Crippen LogP contribution in [0.5, 0.6) is 0 Å². The van der Waals surface area contributed by atoms with Crippen molar-refractivity contribution in [1.29, 1.82) is 0 Å². The Morgan fingerprint density at radius 2 is 2.21 bits per heavy atom. The molecule has 0 radical (unpaired) electrons. The molecule has 0 spiro atoms. The molecule has 0 aliphatic carbocycles. The van der Waals surface area contributed by atoms with Gasteiger partial charge in [-0.1, -0.05) is 11.6 Å². The minimum atomic E-state index is 0.632. The van der Waals surface area contributed by atoms with Crippen molar-refractivity contribution < 1.29 is 0 Å². The Hall–Kier alpha value is -1.07. The number of hydrogen-bond donors (Lipinski definition) is 0. The van der Waals surface area contributed by atoms with Gasteiger partial charge in [-0.2, -0.15) is 5.10 Å². The predicted octanol–water partition coefficient (Wildman–Crippen LogP) is 2.01. The summed E-state index contributed by atoms with van der Waals surface area (Å²) < 4.78 is 1.70. The summed E-state index contributed by atoms with van der Waals surface area (Å²) in [6.45, 7) is 0. The maximum Gasteiger partial charge on any atom is 0.192 e. The van der Waals surface area contributed by atoms with Gasteiger partial charge in [0.1, 0.15) is 11.4 Å². The van der Waals surface area contributed by atoms with E-state index in [2.05, 4.69) is 15.1 Å². The van der Waals surface area contributed by atoms with E-state index in [1.54, 1.807) is 16.9 Å². The molecule has 4 nitrogen and oxygen atoms in total. The van der Waals surface area contributed by atoms with E-state index in [-0.39, 0.29) is 0 Å². The van der Waals surface area contributed by atoms with Crippen LogP contribution < -0.4 is 0 Å². The lowest BCUT2D eigenvalue weighted by Crippen LogP contribution is -1.92. The molecular weight excluding hydrogens is 220 g/mol. The fourth-order valence-corrected chi connectivity index (χ4v) is 1.71. The minimum absolute atomic E-state index is 0.632. The van der Waals surface area contributed by atoms with Crippen LogP contribution in [0.2, 0.25) is 5.02 Å². The van der Waals surface area contributed by atoms with Crippen LogP contribution in [0.1, 0.15) is 0 Å². The number of rotatable bonds is 2. The summed E-state index contributed by atoms with van der Waals surface area (Å²) >= 11 is 7.17. The number of nitrogens with zero attached hydrogens (tertiary/aromatic N) is 4. The predicted molar refractivity (Wildman–Crippen MR) is 54.4 cm³/mol. The fourth-order valence-electron chi connectivity index (χ4n) is 0.894. The summed E-state index contributed by atoms with van der Waals surface area (Å²) in [5.74, 6) is 0. The molecular formula is C8H7ClN4S. The molecule has 0 aromatic carbocycles. The third-order valence-electron chi connectivity index (χ3n) is 1.57. The van der Waals surface area contributed by atoms with E-state index in [0.717, 1.165) is 10.2 Å². The number of hydrogen-bond acceptors (Lipinski definition) is 4.